The molecule has 1 fully saturated rings. The van der Waals surface area contributed by atoms with E-state index in [1.165, 1.54) is 31.0 Å². The Morgan fingerprint density at radius 1 is 1.45 bits per heavy atom. The average Bonchev–Trinajstić information content (AvgIpc) is 2.43. The summed E-state index contributed by atoms with van der Waals surface area (Å²) in [5, 5.41) is 12.3. The first-order chi connectivity index (χ1) is 9.56. The number of anilines is 1. The number of hydrogen-bond donors (Lipinski definition) is 3. The molecule has 0 bridgehead atoms. The van der Waals surface area contributed by atoms with Gasteiger partial charge in [0.25, 0.3) is 5.91 Å². The number of amides is 1. The smallest absolute Gasteiger partial charge is 0.253 e. The fourth-order valence-corrected chi connectivity index (χ4v) is 2.45. The molecule has 1 amide bonds. The van der Waals surface area contributed by atoms with Gasteiger partial charge < -0.3 is 21.1 Å². The van der Waals surface area contributed by atoms with Crippen molar-refractivity contribution in [1.29, 1.82) is 0 Å². The van der Waals surface area contributed by atoms with Crippen molar-refractivity contribution in [3.63, 3.8) is 0 Å². The van der Waals surface area contributed by atoms with Crippen molar-refractivity contribution < 1.29 is 9.90 Å². The van der Waals surface area contributed by atoms with Crippen LogP contribution in [0.1, 0.15) is 30.1 Å². The van der Waals surface area contributed by atoms with Crippen LogP contribution in [0.25, 0.3) is 0 Å². The summed E-state index contributed by atoms with van der Waals surface area (Å²) >= 11 is 0. The first kappa shape index (κ1) is 14.7. The fourth-order valence-electron chi connectivity index (χ4n) is 2.45. The minimum absolute atomic E-state index is 0.0503. The molecule has 0 atom stereocenters. The summed E-state index contributed by atoms with van der Waals surface area (Å²) in [7, 11) is 0. The summed E-state index contributed by atoms with van der Waals surface area (Å²) in [4.78, 5) is 14.4. The first-order valence-corrected chi connectivity index (χ1v) is 7.15. The van der Waals surface area contributed by atoms with Gasteiger partial charge in [0.1, 0.15) is 5.75 Å². The van der Waals surface area contributed by atoms with Crippen molar-refractivity contribution in [2.45, 2.75) is 19.8 Å². The van der Waals surface area contributed by atoms with Gasteiger partial charge in [0.15, 0.2) is 0 Å². The van der Waals surface area contributed by atoms with Gasteiger partial charge in [-0.05, 0) is 50.0 Å². The predicted molar refractivity (Wildman–Crippen MR) is 79.7 cm³/mol. The number of phenolic OH excluding ortho intramolecular Hbond substituents is 1. The molecule has 0 saturated carbocycles. The molecule has 4 N–H and O–H groups in total. The topological polar surface area (TPSA) is 78.6 Å². The highest BCUT2D eigenvalue weighted by Gasteiger charge is 2.16. The van der Waals surface area contributed by atoms with E-state index in [1.54, 1.807) is 0 Å². The van der Waals surface area contributed by atoms with Crippen LogP contribution in [-0.2, 0) is 0 Å². The number of nitrogens with one attached hydrogen (secondary N) is 1. The van der Waals surface area contributed by atoms with Crippen molar-refractivity contribution in [2.24, 2.45) is 5.92 Å². The number of rotatable bonds is 4. The van der Waals surface area contributed by atoms with Crippen LogP contribution in [0, 0.1) is 5.92 Å². The van der Waals surface area contributed by atoms with Gasteiger partial charge in [-0.1, -0.05) is 6.92 Å². The Labute approximate surface area is 119 Å². The molecule has 1 aromatic carbocycles. The van der Waals surface area contributed by atoms with E-state index in [0.29, 0.717) is 17.8 Å². The first-order valence-electron chi connectivity index (χ1n) is 7.15. The van der Waals surface area contributed by atoms with Crippen molar-refractivity contribution in [3.8, 4) is 5.75 Å². The van der Waals surface area contributed by atoms with Crippen molar-refractivity contribution >= 4 is 11.6 Å². The van der Waals surface area contributed by atoms with Gasteiger partial charge in [-0.2, -0.15) is 0 Å². The molecule has 1 aliphatic rings. The number of nitrogens with two attached hydrogens (primary N) is 1. The molecule has 0 radical (unpaired) electrons. The van der Waals surface area contributed by atoms with Crippen LogP contribution in [-0.4, -0.2) is 42.1 Å². The normalized spacial score (nSPS) is 17.1. The zero-order valence-electron chi connectivity index (χ0n) is 11.9. The molecule has 1 aromatic rings. The third kappa shape index (κ3) is 3.87. The second-order valence-electron chi connectivity index (χ2n) is 5.55. The number of likely N-dealkylation sites (tertiary alicyclic amines) is 1. The minimum Gasteiger partial charge on any atom is -0.508 e. The van der Waals surface area contributed by atoms with E-state index in [2.05, 4.69) is 17.1 Å². The van der Waals surface area contributed by atoms with Gasteiger partial charge >= 0.3 is 0 Å². The summed E-state index contributed by atoms with van der Waals surface area (Å²) < 4.78 is 0. The minimum atomic E-state index is -0.233. The Hall–Kier alpha value is -1.75. The summed E-state index contributed by atoms with van der Waals surface area (Å²) in [5.74, 6) is 0.631. The molecular formula is C15H23N3O2. The molecule has 0 spiro atoms. The Morgan fingerprint density at radius 3 is 2.85 bits per heavy atom. The molecular weight excluding hydrogens is 254 g/mol. The van der Waals surface area contributed by atoms with Crippen LogP contribution in [0.4, 0.5) is 5.69 Å². The Bertz CT molecular complexity index is 468. The van der Waals surface area contributed by atoms with Crippen LogP contribution >= 0.6 is 0 Å². The Kier molecular flexibility index (Phi) is 4.84. The SMILES string of the molecule is CC1CCN(CCNC(=O)c2cc(O)ccc2N)CC1. The molecule has 110 valence electrons. The second-order valence-corrected chi connectivity index (χ2v) is 5.55. The summed E-state index contributed by atoms with van der Waals surface area (Å²) in [5.41, 5.74) is 6.45. The van der Waals surface area contributed by atoms with Crippen LogP contribution < -0.4 is 11.1 Å². The standard InChI is InChI=1S/C15H23N3O2/c1-11-4-7-18(8-5-11)9-6-17-15(20)13-10-12(19)2-3-14(13)16/h2-3,10-11,19H,4-9,16H2,1H3,(H,17,20). The Balaban J connectivity index is 1.79. The number of aromatic hydroxyl groups is 1. The monoisotopic (exact) mass is 277 g/mol. The lowest BCUT2D eigenvalue weighted by Gasteiger charge is -2.30. The zero-order valence-corrected chi connectivity index (χ0v) is 11.9. The second kappa shape index (κ2) is 6.61. The highest BCUT2D eigenvalue weighted by molar-refractivity contribution is 5.99. The van der Waals surface area contributed by atoms with Gasteiger partial charge in [-0.25, -0.2) is 0 Å². The number of hydrogen-bond acceptors (Lipinski definition) is 4. The molecule has 1 saturated heterocycles. The van der Waals surface area contributed by atoms with Crippen molar-refractivity contribution in [3.05, 3.63) is 23.8 Å². The lowest BCUT2D eigenvalue weighted by Crippen LogP contribution is -2.39. The third-order valence-corrected chi connectivity index (χ3v) is 3.87. The van der Waals surface area contributed by atoms with Crippen LogP contribution in [0.2, 0.25) is 0 Å². The number of phenols is 1. The molecule has 1 aliphatic heterocycles. The molecule has 1 heterocycles. The summed E-state index contributed by atoms with van der Waals surface area (Å²) in [6, 6.07) is 4.41. The third-order valence-electron chi connectivity index (χ3n) is 3.87. The molecule has 2 rings (SSSR count). The average molecular weight is 277 g/mol. The van der Waals surface area contributed by atoms with Crippen LogP contribution in [0.3, 0.4) is 0 Å². The quantitative estimate of drug-likeness (QED) is 0.575. The van der Waals surface area contributed by atoms with Crippen molar-refractivity contribution in [2.75, 3.05) is 31.9 Å². The lowest BCUT2D eigenvalue weighted by molar-refractivity contribution is 0.0945. The molecule has 5 nitrogen and oxygen atoms in total. The van der Waals surface area contributed by atoms with Crippen LogP contribution in [0.15, 0.2) is 18.2 Å². The van der Waals surface area contributed by atoms with Gasteiger partial charge in [0, 0.05) is 18.8 Å². The van der Waals surface area contributed by atoms with Crippen molar-refractivity contribution in [1.82, 2.24) is 10.2 Å². The summed E-state index contributed by atoms with van der Waals surface area (Å²) in [6.07, 6.45) is 2.46. The van der Waals surface area contributed by atoms with E-state index in [0.717, 1.165) is 25.6 Å². The van der Waals surface area contributed by atoms with E-state index in [4.69, 9.17) is 5.73 Å². The van der Waals surface area contributed by atoms with Crippen LogP contribution in [0.5, 0.6) is 5.75 Å². The maximum absolute atomic E-state index is 12.0. The number of nitrogen functional groups attached to an aromatic ring is 1. The summed E-state index contributed by atoms with van der Waals surface area (Å²) in [6.45, 7) is 5.94. The van der Waals surface area contributed by atoms with E-state index >= 15 is 0 Å². The van der Waals surface area contributed by atoms with E-state index in [-0.39, 0.29) is 11.7 Å². The highest BCUT2D eigenvalue weighted by atomic mass is 16.3. The van der Waals surface area contributed by atoms with Gasteiger partial charge in [0.05, 0.1) is 5.56 Å². The molecule has 0 aliphatic carbocycles. The van der Waals surface area contributed by atoms with Gasteiger partial charge in [-0.3, -0.25) is 4.79 Å². The predicted octanol–water partition coefficient (Wildman–Crippen LogP) is 1.44. The molecule has 20 heavy (non-hydrogen) atoms. The zero-order chi connectivity index (χ0) is 14.5. The highest BCUT2D eigenvalue weighted by Crippen LogP contribution is 2.18. The van der Waals surface area contributed by atoms with Gasteiger partial charge in [-0.15, -0.1) is 0 Å². The largest absolute Gasteiger partial charge is 0.508 e. The lowest BCUT2D eigenvalue weighted by atomic mass is 9.99. The number of carbonyl (C=O) groups is 1. The number of carbonyl (C=O) groups excluding carboxylic acids is 1. The molecule has 0 aromatic heterocycles. The van der Waals surface area contributed by atoms with E-state index < -0.39 is 0 Å². The number of benzene rings is 1. The maximum atomic E-state index is 12.0. The Morgan fingerprint density at radius 2 is 2.15 bits per heavy atom. The van der Waals surface area contributed by atoms with E-state index in [1.807, 2.05) is 0 Å². The van der Waals surface area contributed by atoms with Gasteiger partial charge in [0.2, 0.25) is 0 Å². The van der Waals surface area contributed by atoms with E-state index in [9.17, 15) is 9.90 Å². The maximum Gasteiger partial charge on any atom is 0.253 e. The number of nitrogens with zero attached hydrogens (tertiary/aromatic N) is 1. The molecule has 0 unspecified atom stereocenters. The molecule has 5 heteroatoms. The number of piperidine rings is 1. The fraction of sp³-hybridized carbons (Fsp3) is 0.533.